The molecule has 0 aromatic heterocycles. The van der Waals surface area contributed by atoms with E-state index in [1.165, 1.54) is 5.56 Å². The maximum Gasteiger partial charge on any atom is 0.255 e. The van der Waals surface area contributed by atoms with Crippen LogP contribution in [-0.2, 0) is 13.0 Å². The van der Waals surface area contributed by atoms with Crippen molar-refractivity contribution in [3.63, 3.8) is 0 Å². The first-order valence-corrected chi connectivity index (χ1v) is 11.1. The number of ether oxygens (including phenoxy) is 2. The molecule has 4 nitrogen and oxygen atoms in total. The third-order valence-electron chi connectivity index (χ3n) is 5.16. The summed E-state index contributed by atoms with van der Waals surface area (Å²) in [5.74, 6) is 1.20. The van der Waals surface area contributed by atoms with E-state index < -0.39 is 0 Å². The summed E-state index contributed by atoms with van der Waals surface area (Å²) in [6.45, 7) is 1.07. The molecular weight excluding hydrogens is 410 g/mol. The first-order chi connectivity index (χ1) is 16.3. The van der Waals surface area contributed by atoms with Gasteiger partial charge in [0, 0.05) is 17.3 Å². The molecule has 0 aliphatic heterocycles. The van der Waals surface area contributed by atoms with Crippen molar-refractivity contribution in [2.45, 2.75) is 19.4 Å². The fraction of sp³-hybridized carbons (Fsp3) is 0.138. The minimum absolute atomic E-state index is 0.193. The molecule has 0 unspecified atom stereocenters. The van der Waals surface area contributed by atoms with Crippen LogP contribution < -0.4 is 14.8 Å². The summed E-state index contributed by atoms with van der Waals surface area (Å²) >= 11 is 0. The van der Waals surface area contributed by atoms with E-state index in [4.69, 9.17) is 9.47 Å². The number of aryl methyl sites for hydroxylation is 1. The summed E-state index contributed by atoms with van der Waals surface area (Å²) in [7, 11) is 0. The molecule has 4 heteroatoms. The number of amides is 1. The quantitative estimate of drug-likeness (QED) is 0.287. The lowest BCUT2D eigenvalue weighted by molar-refractivity contribution is 0.102. The minimum Gasteiger partial charge on any atom is -0.494 e. The lowest BCUT2D eigenvalue weighted by Gasteiger charge is -2.11. The molecule has 4 rings (SSSR count). The Kier molecular flexibility index (Phi) is 7.74. The van der Waals surface area contributed by atoms with Crippen molar-refractivity contribution in [3.05, 3.63) is 126 Å². The summed E-state index contributed by atoms with van der Waals surface area (Å²) in [6, 6.07) is 35.0. The Morgan fingerprint density at radius 1 is 0.667 bits per heavy atom. The highest BCUT2D eigenvalue weighted by Gasteiger charge is 2.08. The highest BCUT2D eigenvalue weighted by atomic mass is 16.5. The topological polar surface area (TPSA) is 47.6 Å². The van der Waals surface area contributed by atoms with Crippen LogP contribution in [0.4, 0.5) is 5.69 Å². The van der Waals surface area contributed by atoms with Crippen molar-refractivity contribution < 1.29 is 14.3 Å². The molecule has 4 aromatic carbocycles. The Hall–Kier alpha value is -4.05. The second-order valence-electron chi connectivity index (χ2n) is 7.72. The third kappa shape index (κ3) is 6.97. The summed E-state index contributed by atoms with van der Waals surface area (Å²) in [5, 5.41) is 2.94. The molecule has 33 heavy (non-hydrogen) atoms. The van der Waals surface area contributed by atoms with Gasteiger partial charge in [-0.05, 0) is 54.3 Å². The average Bonchev–Trinajstić information content (AvgIpc) is 2.87. The highest BCUT2D eigenvalue weighted by molar-refractivity contribution is 6.04. The van der Waals surface area contributed by atoms with Gasteiger partial charge >= 0.3 is 0 Å². The van der Waals surface area contributed by atoms with E-state index in [1.54, 1.807) is 12.1 Å². The molecule has 0 radical (unpaired) electrons. The number of carbonyl (C=O) groups is 1. The van der Waals surface area contributed by atoms with Gasteiger partial charge in [0.05, 0.1) is 6.61 Å². The fourth-order valence-electron chi connectivity index (χ4n) is 3.45. The molecule has 0 spiro atoms. The number of carbonyl (C=O) groups excluding carboxylic acids is 1. The van der Waals surface area contributed by atoms with Gasteiger partial charge in [-0.1, -0.05) is 72.8 Å². The Balaban J connectivity index is 1.29. The predicted molar refractivity (Wildman–Crippen MR) is 132 cm³/mol. The lowest BCUT2D eigenvalue weighted by Crippen LogP contribution is -2.12. The fourth-order valence-corrected chi connectivity index (χ4v) is 3.45. The molecule has 4 aromatic rings. The normalized spacial score (nSPS) is 10.4. The summed E-state index contributed by atoms with van der Waals surface area (Å²) in [5.41, 5.74) is 3.61. The van der Waals surface area contributed by atoms with Gasteiger partial charge in [0.1, 0.15) is 18.1 Å². The maximum atomic E-state index is 12.8. The minimum atomic E-state index is -0.193. The Labute approximate surface area is 194 Å². The molecule has 1 N–H and O–H groups in total. The molecule has 0 saturated carbocycles. The summed E-state index contributed by atoms with van der Waals surface area (Å²) in [4.78, 5) is 12.8. The number of nitrogens with one attached hydrogen (secondary N) is 1. The first kappa shape index (κ1) is 22.2. The Morgan fingerprint density at radius 2 is 1.33 bits per heavy atom. The molecule has 166 valence electrons. The van der Waals surface area contributed by atoms with Crippen LogP contribution >= 0.6 is 0 Å². The first-order valence-electron chi connectivity index (χ1n) is 11.1. The van der Waals surface area contributed by atoms with Crippen LogP contribution in [0.15, 0.2) is 109 Å². The number of benzene rings is 4. The van der Waals surface area contributed by atoms with E-state index in [2.05, 4.69) is 17.4 Å². The molecule has 0 fully saturated rings. The second kappa shape index (κ2) is 11.5. The number of hydrogen-bond donors (Lipinski definition) is 1. The standard InChI is InChI=1S/C29H27NO3/c31-29(25-15-7-17-27(20-25)33-22-24-12-5-2-6-13-24)30-26-16-8-18-28(21-26)32-19-9-14-23-10-3-1-4-11-23/h1-8,10-13,15-18,20-21H,9,14,19,22H2,(H,30,31). The molecule has 0 bridgehead atoms. The SMILES string of the molecule is O=C(Nc1cccc(OCCCc2ccccc2)c1)c1cccc(OCc2ccccc2)c1. The largest absolute Gasteiger partial charge is 0.494 e. The zero-order valence-corrected chi connectivity index (χ0v) is 18.4. The van der Waals surface area contributed by atoms with Crippen LogP contribution in [0.5, 0.6) is 11.5 Å². The highest BCUT2D eigenvalue weighted by Crippen LogP contribution is 2.20. The summed E-state index contributed by atoms with van der Waals surface area (Å²) in [6.07, 6.45) is 1.90. The molecule has 0 aliphatic carbocycles. The van der Waals surface area contributed by atoms with Gasteiger partial charge in [-0.3, -0.25) is 4.79 Å². The van der Waals surface area contributed by atoms with Gasteiger partial charge in [0.15, 0.2) is 0 Å². The molecule has 0 atom stereocenters. The smallest absolute Gasteiger partial charge is 0.255 e. The van der Waals surface area contributed by atoms with Crippen LogP contribution in [0, 0.1) is 0 Å². The van der Waals surface area contributed by atoms with Crippen molar-refractivity contribution in [2.24, 2.45) is 0 Å². The lowest BCUT2D eigenvalue weighted by atomic mass is 10.1. The van der Waals surface area contributed by atoms with Gasteiger partial charge < -0.3 is 14.8 Å². The van der Waals surface area contributed by atoms with Crippen molar-refractivity contribution >= 4 is 11.6 Å². The van der Waals surface area contributed by atoms with Crippen molar-refractivity contribution in [3.8, 4) is 11.5 Å². The van der Waals surface area contributed by atoms with Crippen molar-refractivity contribution in [1.82, 2.24) is 0 Å². The van der Waals surface area contributed by atoms with E-state index in [0.717, 1.165) is 24.2 Å². The van der Waals surface area contributed by atoms with Crippen LogP contribution in [0.1, 0.15) is 27.9 Å². The van der Waals surface area contributed by atoms with Crippen LogP contribution in [0.2, 0.25) is 0 Å². The van der Waals surface area contributed by atoms with E-state index in [0.29, 0.717) is 30.2 Å². The second-order valence-corrected chi connectivity index (χ2v) is 7.72. The van der Waals surface area contributed by atoms with Crippen molar-refractivity contribution in [1.29, 1.82) is 0 Å². The van der Waals surface area contributed by atoms with Gasteiger partial charge in [0.2, 0.25) is 0 Å². The molecule has 0 saturated heterocycles. The van der Waals surface area contributed by atoms with Gasteiger partial charge in [-0.15, -0.1) is 0 Å². The van der Waals surface area contributed by atoms with E-state index in [1.807, 2.05) is 84.9 Å². The summed E-state index contributed by atoms with van der Waals surface area (Å²) < 4.78 is 11.7. The zero-order chi connectivity index (χ0) is 22.7. The third-order valence-corrected chi connectivity index (χ3v) is 5.16. The molecular formula is C29H27NO3. The van der Waals surface area contributed by atoms with Crippen molar-refractivity contribution in [2.75, 3.05) is 11.9 Å². The maximum absolute atomic E-state index is 12.8. The van der Waals surface area contributed by atoms with E-state index in [9.17, 15) is 4.79 Å². The number of hydrogen-bond acceptors (Lipinski definition) is 3. The van der Waals surface area contributed by atoms with Crippen LogP contribution in [0.25, 0.3) is 0 Å². The van der Waals surface area contributed by atoms with Gasteiger partial charge in [0.25, 0.3) is 5.91 Å². The van der Waals surface area contributed by atoms with Crippen LogP contribution in [-0.4, -0.2) is 12.5 Å². The van der Waals surface area contributed by atoms with E-state index in [-0.39, 0.29) is 5.91 Å². The Morgan fingerprint density at radius 3 is 2.09 bits per heavy atom. The van der Waals surface area contributed by atoms with E-state index >= 15 is 0 Å². The monoisotopic (exact) mass is 437 g/mol. The van der Waals surface area contributed by atoms with Crippen LogP contribution in [0.3, 0.4) is 0 Å². The zero-order valence-electron chi connectivity index (χ0n) is 18.4. The molecule has 0 heterocycles. The predicted octanol–water partition coefficient (Wildman–Crippen LogP) is 6.53. The number of anilines is 1. The molecule has 0 aliphatic rings. The molecule has 1 amide bonds. The number of rotatable bonds is 10. The van der Waals surface area contributed by atoms with Gasteiger partial charge in [-0.25, -0.2) is 0 Å². The average molecular weight is 438 g/mol. The van der Waals surface area contributed by atoms with Gasteiger partial charge in [-0.2, -0.15) is 0 Å². The Bertz CT molecular complexity index is 1160.